The van der Waals surface area contributed by atoms with Crippen LogP contribution in [-0.4, -0.2) is 61.7 Å². The molecule has 9 nitrogen and oxygen atoms in total. The maximum absolute atomic E-state index is 12.9. The van der Waals surface area contributed by atoms with Gasteiger partial charge in [-0.15, -0.1) is 11.3 Å². The molecule has 1 fully saturated rings. The van der Waals surface area contributed by atoms with Gasteiger partial charge < -0.3 is 14.3 Å². The predicted molar refractivity (Wildman–Crippen MR) is 117 cm³/mol. The van der Waals surface area contributed by atoms with Crippen LogP contribution in [0.3, 0.4) is 0 Å². The molecule has 5 rings (SSSR count). The van der Waals surface area contributed by atoms with Crippen LogP contribution in [0.5, 0.6) is 0 Å². The summed E-state index contributed by atoms with van der Waals surface area (Å²) in [5.74, 6) is 2.13. The Bertz CT molecular complexity index is 1210. The number of aromatic nitrogens is 5. The van der Waals surface area contributed by atoms with Gasteiger partial charge in [-0.25, -0.2) is 15.0 Å². The fraction of sp³-hybridized carbons (Fsp3) is 0.286. The molecule has 0 spiro atoms. The molecule has 0 atom stereocenters. The molecular weight excluding hydrogens is 414 g/mol. The number of thiophene rings is 1. The Morgan fingerprint density at radius 3 is 2.58 bits per heavy atom. The van der Waals surface area contributed by atoms with Gasteiger partial charge in [-0.2, -0.15) is 0 Å². The Hall–Kier alpha value is -3.53. The van der Waals surface area contributed by atoms with Crippen LogP contribution in [0, 0.1) is 13.8 Å². The molecule has 31 heavy (non-hydrogen) atoms. The van der Waals surface area contributed by atoms with Crippen molar-refractivity contribution in [1.82, 2.24) is 29.6 Å². The Balaban J connectivity index is 1.26. The van der Waals surface area contributed by atoms with Gasteiger partial charge in [-0.1, -0.05) is 11.2 Å². The summed E-state index contributed by atoms with van der Waals surface area (Å²) in [4.78, 5) is 30.9. The molecule has 0 aliphatic carbocycles. The third-order valence-electron chi connectivity index (χ3n) is 5.52. The zero-order valence-corrected chi connectivity index (χ0v) is 18.0. The molecule has 1 saturated heterocycles. The summed E-state index contributed by atoms with van der Waals surface area (Å²) in [6.07, 6.45) is 3.34. The molecule has 1 aliphatic heterocycles. The molecule has 0 radical (unpaired) electrons. The van der Waals surface area contributed by atoms with Gasteiger partial charge in [0.2, 0.25) is 0 Å². The molecule has 5 heterocycles. The number of piperazine rings is 1. The van der Waals surface area contributed by atoms with Crippen LogP contribution < -0.4 is 4.90 Å². The number of aryl methyl sites for hydroxylation is 1. The quantitative estimate of drug-likeness (QED) is 0.486. The summed E-state index contributed by atoms with van der Waals surface area (Å²) >= 11 is 1.55. The second-order valence-corrected chi connectivity index (χ2v) is 8.30. The topological polar surface area (TPSA) is 93.2 Å². The summed E-state index contributed by atoms with van der Waals surface area (Å²) < 4.78 is 7.31. The van der Waals surface area contributed by atoms with Gasteiger partial charge in [-0.3, -0.25) is 9.36 Å². The highest BCUT2D eigenvalue weighted by Gasteiger charge is 2.26. The van der Waals surface area contributed by atoms with Crippen LogP contribution in [0.4, 0.5) is 5.82 Å². The van der Waals surface area contributed by atoms with Gasteiger partial charge in [0, 0.05) is 44.0 Å². The standard InChI is InChI=1S/C21H21N7O2S/c1-14-15(2)28(13-24-14)20-11-19(22-12-23-20)26-5-7-27(8-6-26)21(29)16-10-17(30-25-16)18-4-3-9-31-18/h3-4,9-13H,5-8H2,1-2H3. The Labute approximate surface area is 183 Å². The minimum atomic E-state index is -0.112. The minimum Gasteiger partial charge on any atom is -0.355 e. The third-order valence-corrected chi connectivity index (χ3v) is 6.41. The Morgan fingerprint density at radius 2 is 1.87 bits per heavy atom. The van der Waals surface area contributed by atoms with E-state index in [1.165, 1.54) is 0 Å². The van der Waals surface area contributed by atoms with Crippen molar-refractivity contribution in [3.8, 4) is 16.5 Å². The highest BCUT2D eigenvalue weighted by Crippen LogP contribution is 2.26. The lowest BCUT2D eigenvalue weighted by molar-refractivity contribution is 0.0736. The highest BCUT2D eigenvalue weighted by atomic mass is 32.1. The van der Waals surface area contributed by atoms with E-state index >= 15 is 0 Å². The van der Waals surface area contributed by atoms with Crippen molar-refractivity contribution in [3.63, 3.8) is 0 Å². The maximum atomic E-state index is 12.9. The predicted octanol–water partition coefficient (Wildman–Crippen LogP) is 2.96. The first-order valence-corrected chi connectivity index (χ1v) is 10.9. The average Bonchev–Trinajstić information content (AvgIpc) is 3.56. The summed E-state index contributed by atoms with van der Waals surface area (Å²) in [7, 11) is 0. The van der Waals surface area contributed by atoms with Crippen LogP contribution in [0.2, 0.25) is 0 Å². The zero-order chi connectivity index (χ0) is 21.4. The van der Waals surface area contributed by atoms with Crippen molar-refractivity contribution in [2.45, 2.75) is 13.8 Å². The number of anilines is 1. The smallest absolute Gasteiger partial charge is 0.276 e. The van der Waals surface area contributed by atoms with Gasteiger partial charge >= 0.3 is 0 Å². The van der Waals surface area contributed by atoms with Gasteiger partial charge in [0.15, 0.2) is 11.5 Å². The van der Waals surface area contributed by atoms with Crippen molar-refractivity contribution in [1.29, 1.82) is 0 Å². The van der Waals surface area contributed by atoms with E-state index in [9.17, 15) is 4.79 Å². The van der Waals surface area contributed by atoms with Crippen molar-refractivity contribution >= 4 is 23.1 Å². The SMILES string of the molecule is Cc1ncn(-c2cc(N3CCN(C(=O)c4cc(-c5cccs5)on4)CC3)ncn2)c1C. The van der Waals surface area contributed by atoms with Crippen LogP contribution in [0.15, 0.2) is 46.8 Å². The number of carbonyl (C=O) groups is 1. The fourth-order valence-electron chi connectivity index (χ4n) is 3.58. The summed E-state index contributed by atoms with van der Waals surface area (Å²) in [6.45, 7) is 6.52. The van der Waals surface area contributed by atoms with Crippen molar-refractivity contribution in [2.24, 2.45) is 0 Å². The summed E-state index contributed by atoms with van der Waals surface area (Å²) in [5.41, 5.74) is 2.36. The molecule has 158 valence electrons. The highest BCUT2D eigenvalue weighted by molar-refractivity contribution is 7.13. The van der Waals surface area contributed by atoms with Crippen LogP contribution in [0.1, 0.15) is 21.9 Å². The second-order valence-electron chi connectivity index (χ2n) is 7.35. The lowest BCUT2D eigenvalue weighted by Gasteiger charge is -2.35. The molecule has 0 saturated carbocycles. The monoisotopic (exact) mass is 435 g/mol. The Kier molecular flexibility index (Phi) is 4.99. The molecule has 10 heteroatoms. The van der Waals surface area contributed by atoms with E-state index in [0.29, 0.717) is 37.6 Å². The number of carbonyl (C=O) groups excluding carboxylic acids is 1. The van der Waals surface area contributed by atoms with E-state index in [2.05, 4.69) is 25.0 Å². The first-order chi connectivity index (χ1) is 15.1. The number of nitrogens with zero attached hydrogens (tertiary/aromatic N) is 7. The average molecular weight is 436 g/mol. The van der Waals surface area contributed by atoms with Crippen LogP contribution in [0.25, 0.3) is 16.5 Å². The lowest BCUT2D eigenvalue weighted by Crippen LogP contribution is -2.49. The van der Waals surface area contributed by atoms with Crippen molar-refractivity contribution in [3.05, 3.63) is 59.4 Å². The van der Waals surface area contributed by atoms with E-state index in [1.807, 2.05) is 42.0 Å². The van der Waals surface area contributed by atoms with E-state index in [0.717, 1.165) is 27.9 Å². The van der Waals surface area contributed by atoms with Crippen molar-refractivity contribution < 1.29 is 9.32 Å². The van der Waals surface area contributed by atoms with Crippen LogP contribution in [-0.2, 0) is 0 Å². The van der Waals surface area contributed by atoms with Gasteiger partial charge in [-0.05, 0) is 25.3 Å². The molecule has 0 aromatic carbocycles. The zero-order valence-electron chi connectivity index (χ0n) is 17.2. The van der Waals surface area contributed by atoms with Gasteiger partial charge in [0.1, 0.15) is 24.3 Å². The van der Waals surface area contributed by atoms with Gasteiger partial charge in [0.25, 0.3) is 5.91 Å². The second kappa shape index (κ2) is 7.95. The first-order valence-electron chi connectivity index (χ1n) is 9.98. The number of hydrogen-bond acceptors (Lipinski definition) is 8. The van der Waals surface area contributed by atoms with E-state index in [4.69, 9.17) is 4.52 Å². The first kappa shape index (κ1) is 19.4. The molecule has 0 bridgehead atoms. The van der Waals surface area contributed by atoms with Crippen molar-refractivity contribution in [2.75, 3.05) is 31.1 Å². The summed E-state index contributed by atoms with van der Waals surface area (Å²) in [6, 6.07) is 7.56. The molecule has 0 unspecified atom stereocenters. The van der Waals surface area contributed by atoms with Crippen LogP contribution >= 0.6 is 11.3 Å². The molecule has 0 N–H and O–H groups in total. The molecule has 1 aliphatic rings. The molecule has 1 amide bonds. The minimum absolute atomic E-state index is 0.112. The maximum Gasteiger partial charge on any atom is 0.276 e. The summed E-state index contributed by atoms with van der Waals surface area (Å²) in [5, 5.41) is 5.94. The molecular formula is C21H21N7O2S. The largest absolute Gasteiger partial charge is 0.355 e. The molecule has 4 aromatic heterocycles. The normalized spacial score (nSPS) is 14.3. The molecule has 4 aromatic rings. The van der Waals surface area contributed by atoms with E-state index in [-0.39, 0.29) is 5.91 Å². The number of hydrogen-bond donors (Lipinski definition) is 0. The fourth-order valence-corrected chi connectivity index (χ4v) is 4.26. The van der Waals surface area contributed by atoms with E-state index in [1.54, 1.807) is 35.0 Å². The number of amides is 1. The number of rotatable bonds is 4. The van der Waals surface area contributed by atoms with E-state index < -0.39 is 0 Å². The van der Waals surface area contributed by atoms with Gasteiger partial charge in [0.05, 0.1) is 10.6 Å². The Morgan fingerprint density at radius 1 is 1.06 bits per heavy atom. The third kappa shape index (κ3) is 3.70. The number of imidazole rings is 1. The lowest BCUT2D eigenvalue weighted by atomic mass is 10.2.